The molecule has 3 N–H and O–H groups in total. The van der Waals surface area contributed by atoms with Crippen LogP contribution in [0.15, 0.2) is 18.2 Å². The molecule has 3 nitrogen and oxygen atoms in total. The van der Waals surface area contributed by atoms with E-state index in [-0.39, 0.29) is 11.9 Å². The average Bonchev–Trinajstić information content (AvgIpc) is 2.27. The first-order chi connectivity index (χ1) is 8.06. The molecule has 0 spiro atoms. The van der Waals surface area contributed by atoms with Gasteiger partial charge in [0, 0.05) is 28.2 Å². The summed E-state index contributed by atoms with van der Waals surface area (Å²) in [7, 11) is 0. The minimum atomic E-state index is -0.196. The van der Waals surface area contributed by atoms with Crippen LogP contribution in [0.2, 0.25) is 10.0 Å². The Morgan fingerprint density at radius 2 is 1.94 bits per heavy atom. The van der Waals surface area contributed by atoms with Crippen LogP contribution in [0.1, 0.15) is 30.1 Å². The fourth-order valence-corrected chi connectivity index (χ4v) is 2.08. The van der Waals surface area contributed by atoms with Crippen molar-refractivity contribution < 1.29 is 4.79 Å². The quantitative estimate of drug-likeness (QED) is 0.868. The standard InChI is InChI=1S/C12H16Cl2N2O/c1-2-3-11(7-15)16-12(17)8-4-9(13)6-10(14)5-8/h4-6,11H,2-3,7,15H2,1H3,(H,16,17). The summed E-state index contributed by atoms with van der Waals surface area (Å²) in [6.45, 7) is 2.47. The van der Waals surface area contributed by atoms with Gasteiger partial charge in [0.15, 0.2) is 0 Å². The van der Waals surface area contributed by atoms with Gasteiger partial charge >= 0.3 is 0 Å². The average molecular weight is 275 g/mol. The summed E-state index contributed by atoms with van der Waals surface area (Å²) in [6.07, 6.45) is 1.83. The lowest BCUT2D eigenvalue weighted by Crippen LogP contribution is -2.40. The summed E-state index contributed by atoms with van der Waals surface area (Å²) in [5.74, 6) is -0.196. The van der Waals surface area contributed by atoms with Crippen LogP contribution in [0.25, 0.3) is 0 Å². The number of nitrogens with two attached hydrogens (primary N) is 1. The Kier molecular flexibility index (Phi) is 5.75. The Hall–Kier alpha value is -0.770. The molecule has 0 bridgehead atoms. The third-order valence-corrected chi connectivity index (χ3v) is 2.82. The van der Waals surface area contributed by atoms with Crippen LogP contribution in [0.3, 0.4) is 0 Å². The van der Waals surface area contributed by atoms with Crippen molar-refractivity contribution >= 4 is 29.1 Å². The van der Waals surface area contributed by atoms with E-state index in [1.165, 1.54) is 0 Å². The lowest BCUT2D eigenvalue weighted by atomic mass is 10.1. The number of rotatable bonds is 5. The molecule has 0 aromatic heterocycles. The fourth-order valence-electron chi connectivity index (χ4n) is 1.55. The molecule has 0 heterocycles. The Labute approximate surface area is 111 Å². The maximum Gasteiger partial charge on any atom is 0.251 e. The Bertz CT molecular complexity index is 376. The maximum atomic E-state index is 11.9. The number of carbonyl (C=O) groups is 1. The van der Waals surface area contributed by atoms with Gasteiger partial charge < -0.3 is 11.1 Å². The molecule has 5 heteroatoms. The Morgan fingerprint density at radius 3 is 2.41 bits per heavy atom. The van der Waals surface area contributed by atoms with Crippen molar-refractivity contribution in [2.45, 2.75) is 25.8 Å². The molecule has 1 unspecified atom stereocenters. The minimum absolute atomic E-state index is 0.00902. The van der Waals surface area contributed by atoms with Crippen LogP contribution in [0, 0.1) is 0 Å². The van der Waals surface area contributed by atoms with E-state index >= 15 is 0 Å². The zero-order chi connectivity index (χ0) is 12.8. The lowest BCUT2D eigenvalue weighted by molar-refractivity contribution is 0.0936. The molecule has 0 radical (unpaired) electrons. The molecule has 0 saturated carbocycles. The second-order valence-corrected chi connectivity index (χ2v) is 4.73. The molecule has 1 atom stereocenters. The van der Waals surface area contributed by atoms with E-state index in [1.54, 1.807) is 18.2 Å². The number of benzene rings is 1. The van der Waals surface area contributed by atoms with Crippen LogP contribution in [-0.4, -0.2) is 18.5 Å². The largest absolute Gasteiger partial charge is 0.348 e. The van der Waals surface area contributed by atoms with Crippen molar-refractivity contribution in [2.24, 2.45) is 5.73 Å². The minimum Gasteiger partial charge on any atom is -0.348 e. The van der Waals surface area contributed by atoms with E-state index < -0.39 is 0 Å². The number of nitrogens with one attached hydrogen (secondary N) is 1. The van der Waals surface area contributed by atoms with Crippen LogP contribution in [0.4, 0.5) is 0 Å². The van der Waals surface area contributed by atoms with Crippen LogP contribution in [0.5, 0.6) is 0 Å². The number of halogens is 2. The molecule has 0 aliphatic heterocycles. The molecule has 0 fully saturated rings. The zero-order valence-corrected chi connectivity index (χ0v) is 11.2. The smallest absolute Gasteiger partial charge is 0.251 e. The summed E-state index contributed by atoms with van der Waals surface area (Å²) in [4.78, 5) is 11.9. The molecule has 0 aliphatic rings. The van der Waals surface area contributed by atoms with Gasteiger partial charge in [-0.1, -0.05) is 36.5 Å². The first-order valence-corrected chi connectivity index (χ1v) is 6.29. The number of hydrogen-bond donors (Lipinski definition) is 2. The van der Waals surface area contributed by atoms with Crippen molar-refractivity contribution in [1.29, 1.82) is 0 Å². The van der Waals surface area contributed by atoms with Gasteiger partial charge in [-0.15, -0.1) is 0 Å². The normalized spacial score (nSPS) is 12.2. The fraction of sp³-hybridized carbons (Fsp3) is 0.417. The van der Waals surface area contributed by atoms with Crippen LogP contribution >= 0.6 is 23.2 Å². The molecular weight excluding hydrogens is 259 g/mol. The number of amides is 1. The van der Waals surface area contributed by atoms with Gasteiger partial charge in [-0.3, -0.25) is 4.79 Å². The Morgan fingerprint density at radius 1 is 1.35 bits per heavy atom. The number of hydrogen-bond acceptors (Lipinski definition) is 2. The second-order valence-electron chi connectivity index (χ2n) is 3.85. The molecule has 0 saturated heterocycles. The van der Waals surface area contributed by atoms with Crippen molar-refractivity contribution in [3.63, 3.8) is 0 Å². The van der Waals surface area contributed by atoms with E-state index in [1.807, 2.05) is 6.92 Å². The van der Waals surface area contributed by atoms with Gasteiger partial charge in [0.2, 0.25) is 0 Å². The van der Waals surface area contributed by atoms with Crippen molar-refractivity contribution in [3.8, 4) is 0 Å². The molecule has 1 amide bonds. The van der Waals surface area contributed by atoms with E-state index in [0.29, 0.717) is 22.2 Å². The molecule has 1 aromatic carbocycles. The van der Waals surface area contributed by atoms with Gasteiger partial charge in [-0.2, -0.15) is 0 Å². The highest BCUT2D eigenvalue weighted by atomic mass is 35.5. The van der Waals surface area contributed by atoms with E-state index in [2.05, 4.69) is 5.32 Å². The van der Waals surface area contributed by atoms with Gasteiger partial charge in [0.05, 0.1) is 0 Å². The monoisotopic (exact) mass is 274 g/mol. The predicted molar refractivity (Wildman–Crippen MR) is 71.7 cm³/mol. The molecule has 17 heavy (non-hydrogen) atoms. The molecular formula is C12H16Cl2N2O. The van der Waals surface area contributed by atoms with Crippen molar-refractivity contribution in [1.82, 2.24) is 5.32 Å². The van der Waals surface area contributed by atoms with Gasteiger partial charge in [-0.05, 0) is 24.6 Å². The van der Waals surface area contributed by atoms with E-state index in [9.17, 15) is 4.79 Å². The van der Waals surface area contributed by atoms with Crippen molar-refractivity contribution in [2.75, 3.05) is 6.54 Å². The first kappa shape index (κ1) is 14.3. The van der Waals surface area contributed by atoms with E-state index in [0.717, 1.165) is 12.8 Å². The molecule has 1 rings (SSSR count). The number of carbonyl (C=O) groups excluding carboxylic acids is 1. The third-order valence-electron chi connectivity index (χ3n) is 2.38. The summed E-state index contributed by atoms with van der Waals surface area (Å²) in [5.41, 5.74) is 6.03. The second kappa shape index (κ2) is 6.84. The van der Waals surface area contributed by atoms with Gasteiger partial charge in [0.25, 0.3) is 5.91 Å². The summed E-state index contributed by atoms with van der Waals surface area (Å²) in [5, 5.41) is 3.75. The maximum absolute atomic E-state index is 11.9. The van der Waals surface area contributed by atoms with Crippen molar-refractivity contribution in [3.05, 3.63) is 33.8 Å². The van der Waals surface area contributed by atoms with E-state index in [4.69, 9.17) is 28.9 Å². The third kappa shape index (κ3) is 4.54. The molecule has 94 valence electrons. The van der Waals surface area contributed by atoms with Gasteiger partial charge in [-0.25, -0.2) is 0 Å². The highest BCUT2D eigenvalue weighted by Gasteiger charge is 2.12. The zero-order valence-electron chi connectivity index (χ0n) is 9.67. The highest BCUT2D eigenvalue weighted by Crippen LogP contribution is 2.19. The summed E-state index contributed by atoms with van der Waals surface area (Å²) >= 11 is 11.7. The predicted octanol–water partition coefficient (Wildman–Crippen LogP) is 2.85. The van der Waals surface area contributed by atoms with Gasteiger partial charge in [0.1, 0.15) is 0 Å². The molecule has 1 aromatic rings. The highest BCUT2D eigenvalue weighted by molar-refractivity contribution is 6.35. The SMILES string of the molecule is CCCC(CN)NC(=O)c1cc(Cl)cc(Cl)c1. The van der Waals surface area contributed by atoms with Crippen LogP contribution < -0.4 is 11.1 Å². The van der Waals surface area contributed by atoms with Crippen LogP contribution in [-0.2, 0) is 0 Å². The summed E-state index contributed by atoms with van der Waals surface area (Å²) < 4.78 is 0. The molecule has 0 aliphatic carbocycles. The summed E-state index contributed by atoms with van der Waals surface area (Å²) in [6, 6.07) is 4.75. The first-order valence-electron chi connectivity index (χ1n) is 5.53. The lowest BCUT2D eigenvalue weighted by Gasteiger charge is -2.16. The Balaban J connectivity index is 2.75. The topological polar surface area (TPSA) is 55.1 Å².